The third-order valence-corrected chi connectivity index (χ3v) is 3.60. The standard InChI is InChI=1S/C18H17NO3/c1-12(13-7-4-3-5-8-13)19-18(20)16-11-14-9-6-10-15(21-2)17(14)22-16/h3-12H,1-2H3,(H,19,20). The van der Waals surface area contributed by atoms with E-state index in [1.807, 2.05) is 49.4 Å². The van der Waals surface area contributed by atoms with Crippen molar-refractivity contribution >= 4 is 16.9 Å². The zero-order chi connectivity index (χ0) is 15.5. The van der Waals surface area contributed by atoms with Crippen LogP contribution in [0.4, 0.5) is 0 Å². The van der Waals surface area contributed by atoms with E-state index in [2.05, 4.69) is 5.32 Å². The second kappa shape index (κ2) is 5.93. The van der Waals surface area contributed by atoms with Crippen LogP contribution in [0.5, 0.6) is 5.75 Å². The molecule has 0 aliphatic heterocycles. The molecule has 3 aromatic rings. The van der Waals surface area contributed by atoms with E-state index in [1.54, 1.807) is 19.2 Å². The van der Waals surface area contributed by atoms with Crippen molar-refractivity contribution in [1.82, 2.24) is 5.32 Å². The van der Waals surface area contributed by atoms with E-state index in [4.69, 9.17) is 9.15 Å². The van der Waals surface area contributed by atoms with Gasteiger partial charge in [-0.2, -0.15) is 0 Å². The van der Waals surface area contributed by atoms with Crippen LogP contribution in [0.2, 0.25) is 0 Å². The maximum absolute atomic E-state index is 12.4. The summed E-state index contributed by atoms with van der Waals surface area (Å²) in [6.07, 6.45) is 0. The lowest BCUT2D eigenvalue weighted by atomic mass is 10.1. The molecule has 112 valence electrons. The number of hydrogen-bond donors (Lipinski definition) is 1. The Morgan fingerprint density at radius 2 is 1.91 bits per heavy atom. The minimum Gasteiger partial charge on any atom is -0.493 e. The smallest absolute Gasteiger partial charge is 0.287 e. The van der Waals surface area contributed by atoms with E-state index >= 15 is 0 Å². The predicted molar refractivity (Wildman–Crippen MR) is 85.1 cm³/mol. The molecule has 1 amide bonds. The van der Waals surface area contributed by atoms with E-state index in [-0.39, 0.29) is 17.7 Å². The first-order chi connectivity index (χ1) is 10.7. The molecule has 0 fully saturated rings. The molecule has 0 aliphatic carbocycles. The molecule has 0 saturated carbocycles. The lowest BCUT2D eigenvalue weighted by Crippen LogP contribution is -2.26. The number of para-hydroxylation sites is 1. The Hall–Kier alpha value is -2.75. The Morgan fingerprint density at radius 1 is 1.14 bits per heavy atom. The molecule has 1 N–H and O–H groups in total. The molecule has 0 aliphatic rings. The fourth-order valence-corrected chi connectivity index (χ4v) is 2.40. The second-order valence-corrected chi connectivity index (χ2v) is 5.10. The number of furan rings is 1. The third-order valence-electron chi connectivity index (χ3n) is 3.60. The molecule has 0 bridgehead atoms. The van der Waals surface area contributed by atoms with Gasteiger partial charge in [-0.25, -0.2) is 0 Å². The van der Waals surface area contributed by atoms with Crippen LogP contribution in [0.1, 0.15) is 29.1 Å². The first-order valence-corrected chi connectivity index (χ1v) is 7.11. The minimum atomic E-state index is -0.241. The van der Waals surface area contributed by atoms with Crippen LogP contribution in [0.25, 0.3) is 11.0 Å². The summed E-state index contributed by atoms with van der Waals surface area (Å²) in [5.41, 5.74) is 1.63. The second-order valence-electron chi connectivity index (χ2n) is 5.10. The maximum atomic E-state index is 12.4. The number of rotatable bonds is 4. The van der Waals surface area contributed by atoms with Crippen molar-refractivity contribution < 1.29 is 13.9 Å². The average molecular weight is 295 g/mol. The molecule has 1 atom stereocenters. The molecule has 2 aromatic carbocycles. The van der Waals surface area contributed by atoms with Gasteiger partial charge in [-0.1, -0.05) is 42.5 Å². The summed E-state index contributed by atoms with van der Waals surface area (Å²) in [6, 6.07) is 17.0. The lowest BCUT2D eigenvalue weighted by molar-refractivity contribution is 0.0914. The SMILES string of the molecule is COc1cccc2cc(C(=O)NC(C)c3ccccc3)oc12. The molecule has 0 spiro atoms. The van der Waals surface area contributed by atoms with Crippen LogP contribution in [0, 0.1) is 0 Å². The van der Waals surface area contributed by atoms with Gasteiger partial charge >= 0.3 is 0 Å². The van der Waals surface area contributed by atoms with Gasteiger partial charge in [-0.15, -0.1) is 0 Å². The molecule has 3 rings (SSSR count). The summed E-state index contributed by atoms with van der Waals surface area (Å²) in [4.78, 5) is 12.4. The molecule has 1 aromatic heterocycles. The van der Waals surface area contributed by atoms with E-state index in [0.717, 1.165) is 10.9 Å². The molecule has 1 unspecified atom stereocenters. The number of ether oxygens (including phenoxy) is 1. The Labute approximate surface area is 128 Å². The number of nitrogens with one attached hydrogen (secondary N) is 1. The number of fused-ring (bicyclic) bond motifs is 1. The molecule has 0 saturated heterocycles. The predicted octanol–water partition coefficient (Wildman–Crippen LogP) is 3.93. The molecule has 1 heterocycles. The number of benzene rings is 2. The van der Waals surface area contributed by atoms with Crippen molar-refractivity contribution in [3.63, 3.8) is 0 Å². The van der Waals surface area contributed by atoms with Gasteiger partial charge in [0.2, 0.25) is 0 Å². The van der Waals surface area contributed by atoms with Crippen LogP contribution in [-0.2, 0) is 0 Å². The summed E-state index contributed by atoms with van der Waals surface area (Å²) in [5, 5.41) is 3.78. The Morgan fingerprint density at radius 3 is 2.64 bits per heavy atom. The van der Waals surface area contributed by atoms with E-state index in [9.17, 15) is 4.79 Å². The monoisotopic (exact) mass is 295 g/mol. The van der Waals surface area contributed by atoms with Crippen LogP contribution in [0.3, 0.4) is 0 Å². The highest BCUT2D eigenvalue weighted by molar-refractivity contribution is 5.97. The van der Waals surface area contributed by atoms with Gasteiger partial charge in [0.1, 0.15) is 0 Å². The summed E-state index contributed by atoms with van der Waals surface area (Å²) in [5.74, 6) is 0.657. The fraction of sp³-hybridized carbons (Fsp3) is 0.167. The third kappa shape index (κ3) is 2.68. The fourth-order valence-electron chi connectivity index (χ4n) is 2.40. The number of carbonyl (C=O) groups excluding carboxylic acids is 1. The first-order valence-electron chi connectivity index (χ1n) is 7.11. The number of carbonyl (C=O) groups is 1. The number of methoxy groups -OCH3 is 1. The number of amides is 1. The van der Waals surface area contributed by atoms with Crippen molar-refractivity contribution in [2.45, 2.75) is 13.0 Å². The summed E-state index contributed by atoms with van der Waals surface area (Å²) < 4.78 is 10.9. The van der Waals surface area contributed by atoms with Gasteiger partial charge in [0.05, 0.1) is 13.2 Å². The largest absolute Gasteiger partial charge is 0.493 e. The lowest BCUT2D eigenvalue weighted by Gasteiger charge is -2.12. The average Bonchev–Trinajstić information content (AvgIpc) is 2.99. The molecule has 22 heavy (non-hydrogen) atoms. The zero-order valence-corrected chi connectivity index (χ0v) is 12.5. The quantitative estimate of drug-likeness (QED) is 0.793. The van der Waals surface area contributed by atoms with Crippen LogP contribution >= 0.6 is 0 Å². The van der Waals surface area contributed by atoms with Gasteiger partial charge < -0.3 is 14.5 Å². The molecule has 4 nitrogen and oxygen atoms in total. The molecular weight excluding hydrogens is 278 g/mol. The van der Waals surface area contributed by atoms with Crippen molar-refractivity contribution in [3.8, 4) is 5.75 Å². The highest BCUT2D eigenvalue weighted by Gasteiger charge is 2.17. The summed E-state index contributed by atoms with van der Waals surface area (Å²) in [7, 11) is 1.58. The minimum absolute atomic E-state index is 0.0937. The summed E-state index contributed by atoms with van der Waals surface area (Å²) in [6.45, 7) is 1.94. The van der Waals surface area contributed by atoms with Crippen LogP contribution in [-0.4, -0.2) is 13.0 Å². The Bertz CT molecular complexity index is 792. The topological polar surface area (TPSA) is 51.5 Å². The molecule has 4 heteroatoms. The van der Waals surface area contributed by atoms with Gasteiger partial charge in [-0.05, 0) is 24.6 Å². The Kier molecular flexibility index (Phi) is 3.83. The van der Waals surface area contributed by atoms with Gasteiger partial charge in [-0.3, -0.25) is 4.79 Å². The van der Waals surface area contributed by atoms with Crippen molar-refractivity contribution in [3.05, 3.63) is 65.9 Å². The van der Waals surface area contributed by atoms with Gasteiger partial charge in [0.25, 0.3) is 5.91 Å². The highest BCUT2D eigenvalue weighted by atomic mass is 16.5. The molecule has 0 radical (unpaired) electrons. The normalized spacial score (nSPS) is 12.1. The van der Waals surface area contributed by atoms with E-state index in [0.29, 0.717) is 11.3 Å². The van der Waals surface area contributed by atoms with Crippen LogP contribution in [0.15, 0.2) is 59.0 Å². The maximum Gasteiger partial charge on any atom is 0.287 e. The summed E-state index contributed by atoms with van der Waals surface area (Å²) >= 11 is 0. The molecular formula is C18H17NO3. The van der Waals surface area contributed by atoms with Crippen molar-refractivity contribution in [1.29, 1.82) is 0 Å². The van der Waals surface area contributed by atoms with Crippen molar-refractivity contribution in [2.24, 2.45) is 0 Å². The van der Waals surface area contributed by atoms with Crippen molar-refractivity contribution in [2.75, 3.05) is 7.11 Å². The first kappa shape index (κ1) is 14.2. The number of hydrogen-bond acceptors (Lipinski definition) is 3. The van der Waals surface area contributed by atoms with Gasteiger partial charge in [0.15, 0.2) is 17.1 Å². The van der Waals surface area contributed by atoms with Crippen LogP contribution < -0.4 is 10.1 Å². The Balaban J connectivity index is 1.83. The highest BCUT2D eigenvalue weighted by Crippen LogP contribution is 2.28. The van der Waals surface area contributed by atoms with Gasteiger partial charge in [0, 0.05) is 5.39 Å². The van der Waals surface area contributed by atoms with E-state index in [1.165, 1.54) is 0 Å². The zero-order valence-electron chi connectivity index (χ0n) is 12.5. The van der Waals surface area contributed by atoms with E-state index < -0.39 is 0 Å².